The van der Waals surface area contributed by atoms with Crippen molar-refractivity contribution < 1.29 is 18.6 Å². The Kier molecular flexibility index (Phi) is 5.29. The zero-order chi connectivity index (χ0) is 22.1. The van der Waals surface area contributed by atoms with Gasteiger partial charge in [-0.25, -0.2) is 4.79 Å². The Morgan fingerprint density at radius 1 is 0.969 bits per heavy atom. The molecule has 0 saturated carbocycles. The van der Waals surface area contributed by atoms with E-state index < -0.39 is 0 Å². The van der Waals surface area contributed by atoms with Gasteiger partial charge in [0.1, 0.15) is 29.6 Å². The summed E-state index contributed by atoms with van der Waals surface area (Å²) in [4.78, 5) is 14.6. The lowest BCUT2D eigenvalue weighted by atomic mass is 9.99. The van der Waals surface area contributed by atoms with Crippen LogP contribution in [0.2, 0.25) is 0 Å². The van der Waals surface area contributed by atoms with Crippen molar-refractivity contribution in [2.24, 2.45) is 0 Å². The lowest BCUT2D eigenvalue weighted by Crippen LogP contribution is -2.31. The number of methoxy groups -OCH3 is 2. The van der Waals surface area contributed by atoms with Crippen LogP contribution in [0.4, 0.5) is 0 Å². The fourth-order valence-electron chi connectivity index (χ4n) is 4.16. The van der Waals surface area contributed by atoms with Crippen LogP contribution >= 0.6 is 0 Å². The van der Waals surface area contributed by atoms with Crippen LogP contribution in [-0.4, -0.2) is 25.9 Å². The molecule has 6 heteroatoms. The van der Waals surface area contributed by atoms with Gasteiger partial charge in [0, 0.05) is 36.2 Å². The Hall–Kier alpha value is -3.77. The maximum Gasteiger partial charge on any atom is 0.336 e. The van der Waals surface area contributed by atoms with E-state index in [4.69, 9.17) is 18.6 Å². The van der Waals surface area contributed by atoms with Gasteiger partial charge in [-0.3, -0.25) is 4.90 Å². The maximum absolute atomic E-state index is 12.4. The molecule has 3 aromatic carbocycles. The average molecular weight is 429 g/mol. The fraction of sp³-hybridized carbons (Fsp3) is 0.192. The third-order valence-corrected chi connectivity index (χ3v) is 5.73. The van der Waals surface area contributed by atoms with Gasteiger partial charge in [0.05, 0.1) is 19.8 Å². The summed E-state index contributed by atoms with van der Waals surface area (Å²) in [5.41, 5.74) is 3.91. The van der Waals surface area contributed by atoms with Crippen LogP contribution in [0.1, 0.15) is 11.1 Å². The molecule has 1 aliphatic rings. The number of hydrogen-bond donors (Lipinski definition) is 0. The third kappa shape index (κ3) is 3.69. The monoisotopic (exact) mass is 429 g/mol. The third-order valence-electron chi connectivity index (χ3n) is 5.73. The Labute approximate surface area is 185 Å². The molecule has 162 valence electrons. The number of ether oxygens (including phenoxy) is 3. The normalized spacial score (nSPS) is 13.4. The second-order valence-electron chi connectivity index (χ2n) is 7.70. The minimum Gasteiger partial charge on any atom is -0.497 e. The number of benzene rings is 3. The molecule has 0 bridgehead atoms. The molecule has 0 N–H and O–H groups in total. The Morgan fingerprint density at radius 3 is 2.59 bits per heavy atom. The van der Waals surface area contributed by atoms with Gasteiger partial charge >= 0.3 is 5.63 Å². The van der Waals surface area contributed by atoms with E-state index in [1.165, 1.54) is 0 Å². The van der Waals surface area contributed by atoms with E-state index in [2.05, 4.69) is 4.90 Å². The van der Waals surface area contributed by atoms with Crippen LogP contribution in [0.25, 0.3) is 22.1 Å². The molecule has 0 radical (unpaired) electrons. The van der Waals surface area contributed by atoms with Crippen molar-refractivity contribution in [2.75, 3.05) is 21.0 Å². The predicted molar refractivity (Wildman–Crippen MR) is 122 cm³/mol. The van der Waals surface area contributed by atoms with Gasteiger partial charge in [0.15, 0.2) is 0 Å². The highest BCUT2D eigenvalue weighted by Gasteiger charge is 2.23. The van der Waals surface area contributed by atoms with Crippen molar-refractivity contribution in [1.82, 2.24) is 4.90 Å². The van der Waals surface area contributed by atoms with E-state index in [0.29, 0.717) is 25.4 Å². The topological polar surface area (TPSA) is 61.1 Å². The number of nitrogens with zero attached hydrogens (tertiary/aromatic N) is 1. The Balaban J connectivity index is 1.53. The van der Waals surface area contributed by atoms with Gasteiger partial charge in [-0.15, -0.1) is 0 Å². The summed E-state index contributed by atoms with van der Waals surface area (Å²) in [6.07, 6.45) is 0. The zero-order valence-corrected chi connectivity index (χ0v) is 18.0. The largest absolute Gasteiger partial charge is 0.497 e. The van der Waals surface area contributed by atoms with Crippen LogP contribution in [-0.2, 0) is 13.1 Å². The molecule has 0 atom stereocenters. The minimum absolute atomic E-state index is 0.376. The number of rotatable bonds is 5. The second-order valence-corrected chi connectivity index (χ2v) is 7.70. The molecule has 2 heterocycles. The molecule has 4 aromatic rings. The SMILES string of the molecule is COc1ccc(CN2COc3ccc4c(-c5ccccc5)cc(=O)oc4c3C2)c(OC)c1. The lowest BCUT2D eigenvalue weighted by Gasteiger charge is -2.29. The first-order chi connectivity index (χ1) is 15.7. The second kappa shape index (κ2) is 8.40. The first-order valence-corrected chi connectivity index (χ1v) is 10.4. The summed E-state index contributed by atoms with van der Waals surface area (Å²) in [6.45, 7) is 1.63. The highest BCUT2D eigenvalue weighted by atomic mass is 16.5. The molecule has 0 aliphatic carbocycles. The lowest BCUT2D eigenvalue weighted by molar-refractivity contribution is 0.0882. The van der Waals surface area contributed by atoms with Crippen LogP contribution in [0.15, 0.2) is 75.9 Å². The van der Waals surface area contributed by atoms with Gasteiger partial charge in [0.25, 0.3) is 0 Å². The van der Waals surface area contributed by atoms with Crippen molar-refractivity contribution in [2.45, 2.75) is 13.1 Å². The molecule has 32 heavy (non-hydrogen) atoms. The predicted octanol–water partition coefficient (Wildman–Crippen LogP) is 4.83. The van der Waals surface area contributed by atoms with Crippen molar-refractivity contribution in [3.8, 4) is 28.4 Å². The van der Waals surface area contributed by atoms with E-state index in [1.807, 2.05) is 60.7 Å². The molecule has 0 fully saturated rings. The molecule has 0 amide bonds. The highest BCUT2D eigenvalue weighted by molar-refractivity contribution is 5.95. The Bertz CT molecular complexity index is 1330. The van der Waals surface area contributed by atoms with Gasteiger partial charge < -0.3 is 18.6 Å². The fourth-order valence-corrected chi connectivity index (χ4v) is 4.16. The van der Waals surface area contributed by atoms with E-state index in [1.54, 1.807) is 20.3 Å². The van der Waals surface area contributed by atoms with Crippen molar-refractivity contribution in [3.05, 3.63) is 88.3 Å². The number of hydrogen-bond acceptors (Lipinski definition) is 6. The Morgan fingerprint density at radius 2 is 1.81 bits per heavy atom. The highest BCUT2D eigenvalue weighted by Crippen LogP contribution is 2.37. The molecule has 1 aromatic heterocycles. The van der Waals surface area contributed by atoms with Gasteiger partial charge in [-0.2, -0.15) is 0 Å². The summed E-state index contributed by atoms with van der Waals surface area (Å²) in [7, 11) is 3.28. The molecular weight excluding hydrogens is 406 g/mol. The first kappa shape index (κ1) is 20.2. The van der Waals surface area contributed by atoms with E-state index in [0.717, 1.165) is 44.9 Å². The summed E-state index contributed by atoms with van der Waals surface area (Å²) in [5, 5.41) is 0.891. The van der Waals surface area contributed by atoms with Gasteiger partial charge in [-0.05, 0) is 29.3 Å². The van der Waals surface area contributed by atoms with Crippen LogP contribution in [0.5, 0.6) is 17.2 Å². The smallest absolute Gasteiger partial charge is 0.336 e. The van der Waals surface area contributed by atoms with Crippen molar-refractivity contribution in [1.29, 1.82) is 0 Å². The molecule has 5 rings (SSSR count). The summed E-state index contributed by atoms with van der Waals surface area (Å²) < 4.78 is 22.5. The van der Waals surface area contributed by atoms with E-state index >= 15 is 0 Å². The summed E-state index contributed by atoms with van der Waals surface area (Å²) in [6, 6.07) is 21.1. The van der Waals surface area contributed by atoms with Gasteiger partial charge in [0.2, 0.25) is 0 Å². The molecular formula is C26H23NO5. The molecule has 0 spiro atoms. The van der Waals surface area contributed by atoms with E-state index in [-0.39, 0.29) is 5.63 Å². The standard InChI is InChI=1S/C26H23NO5/c1-29-19-9-8-18(24(12-19)30-2)14-27-15-22-23(31-16-27)11-10-20-21(13-25(28)32-26(20)22)17-6-4-3-5-7-17/h3-13H,14-16H2,1-2H3. The average Bonchev–Trinajstić information content (AvgIpc) is 2.84. The molecule has 0 saturated heterocycles. The number of fused-ring (bicyclic) bond motifs is 3. The maximum atomic E-state index is 12.4. The zero-order valence-electron chi connectivity index (χ0n) is 18.0. The van der Waals surface area contributed by atoms with Crippen molar-refractivity contribution >= 4 is 11.0 Å². The molecule has 6 nitrogen and oxygen atoms in total. The molecule has 1 aliphatic heterocycles. The minimum atomic E-state index is -0.376. The van der Waals surface area contributed by atoms with Crippen LogP contribution < -0.4 is 19.8 Å². The summed E-state index contributed by atoms with van der Waals surface area (Å²) in [5.74, 6) is 2.24. The summed E-state index contributed by atoms with van der Waals surface area (Å²) >= 11 is 0. The first-order valence-electron chi connectivity index (χ1n) is 10.4. The van der Waals surface area contributed by atoms with Crippen LogP contribution in [0, 0.1) is 0 Å². The molecule has 0 unspecified atom stereocenters. The van der Waals surface area contributed by atoms with Crippen LogP contribution in [0.3, 0.4) is 0 Å². The van der Waals surface area contributed by atoms with E-state index in [9.17, 15) is 4.79 Å². The van der Waals surface area contributed by atoms with Crippen molar-refractivity contribution in [3.63, 3.8) is 0 Å². The quantitative estimate of drug-likeness (QED) is 0.424. The van der Waals surface area contributed by atoms with Gasteiger partial charge in [-0.1, -0.05) is 36.4 Å².